The van der Waals surface area contributed by atoms with Gasteiger partial charge in [0.1, 0.15) is 5.82 Å². The van der Waals surface area contributed by atoms with E-state index < -0.39 is 0 Å². The summed E-state index contributed by atoms with van der Waals surface area (Å²) in [4.78, 5) is 6.31. The Balaban J connectivity index is 2.61. The second-order valence-electron chi connectivity index (χ2n) is 2.30. The van der Waals surface area contributed by atoms with Gasteiger partial charge in [-0.25, -0.2) is 4.98 Å². The number of alkyl halides is 1. The van der Waals surface area contributed by atoms with Crippen molar-refractivity contribution in [1.82, 2.24) is 4.98 Å². The van der Waals surface area contributed by atoms with Gasteiger partial charge in [0, 0.05) is 25.1 Å². The third-order valence-corrected chi connectivity index (χ3v) is 1.81. The number of halogens is 1. The molecule has 0 amide bonds. The molecule has 0 saturated carbocycles. The third-order valence-electron chi connectivity index (χ3n) is 1.46. The number of nitrogens with zero attached hydrogens (tertiary/aromatic N) is 2. The van der Waals surface area contributed by atoms with E-state index in [1.807, 2.05) is 25.2 Å². The summed E-state index contributed by atoms with van der Waals surface area (Å²) in [5, 5.41) is 0.972. The van der Waals surface area contributed by atoms with Gasteiger partial charge in [0.15, 0.2) is 0 Å². The molecule has 2 nitrogen and oxygen atoms in total. The Morgan fingerprint density at radius 3 is 2.91 bits per heavy atom. The Labute approximate surface area is 75.4 Å². The van der Waals surface area contributed by atoms with E-state index in [2.05, 4.69) is 25.8 Å². The summed E-state index contributed by atoms with van der Waals surface area (Å²) < 4.78 is 0. The second kappa shape index (κ2) is 4.34. The lowest BCUT2D eigenvalue weighted by Gasteiger charge is -2.15. The van der Waals surface area contributed by atoms with Gasteiger partial charge in [0.2, 0.25) is 0 Å². The predicted octanol–water partition coefficient (Wildman–Crippen LogP) is 1.91. The number of hydrogen-bond acceptors (Lipinski definition) is 2. The molecule has 11 heavy (non-hydrogen) atoms. The molecule has 0 atom stereocenters. The van der Waals surface area contributed by atoms with Crippen molar-refractivity contribution in [3.63, 3.8) is 0 Å². The smallest absolute Gasteiger partial charge is 0.128 e. The lowest BCUT2D eigenvalue weighted by molar-refractivity contribution is 0.950. The average molecular weight is 215 g/mol. The van der Waals surface area contributed by atoms with Gasteiger partial charge < -0.3 is 4.90 Å². The third kappa shape index (κ3) is 2.50. The van der Waals surface area contributed by atoms with Crippen LogP contribution in [0.5, 0.6) is 0 Å². The highest BCUT2D eigenvalue weighted by Gasteiger charge is 1.97. The molecule has 0 aromatic carbocycles. The first-order chi connectivity index (χ1) is 5.34. The van der Waals surface area contributed by atoms with Crippen molar-refractivity contribution in [3.8, 4) is 0 Å². The van der Waals surface area contributed by atoms with Crippen LogP contribution in [0.25, 0.3) is 0 Å². The van der Waals surface area contributed by atoms with Crippen LogP contribution in [0.4, 0.5) is 5.82 Å². The first-order valence-corrected chi connectivity index (χ1v) is 4.65. The number of anilines is 1. The van der Waals surface area contributed by atoms with Crippen molar-refractivity contribution in [2.45, 2.75) is 0 Å². The van der Waals surface area contributed by atoms with E-state index >= 15 is 0 Å². The number of pyridine rings is 1. The Bertz CT molecular complexity index is 201. The van der Waals surface area contributed by atoms with Crippen LogP contribution >= 0.6 is 15.9 Å². The van der Waals surface area contributed by atoms with Crippen molar-refractivity contribution in [2.24, 2.45) is 0 Å². The van der Waals surface area contributed by atoms with Crippen LogP contribution in [-0.2, 0) is 0 Å². The first-order valence-electron chi connectivity index (χ1n) is 3.52. The lowest BCUT2D eigenvalue weighted by Crippen LogP contribution is -2.20. The van der Waals surface area contributed by atoms with Crippen molar-refractivity contribution in [3.05, 3.63) is 24.4 Å². The molecule has 0 unspecified atom stereocenters. The maximum absolute atomic E-state index is 4.20. The summed E-state index contributed by atoms with van der Waals surface area (Å²) in [5.41, 5.74) is 0. The molecular formula is C8H11BrN2. The summed E-state index contributed by atoms with van der Waals surface area (Å²) in [6, 6.07) is 5.92. The largest absolute Gasteiger partial charge is 0.359 e. The van der Waals surface area contributed by atoms with Gasteiger partial charge in [-0.3, -0.25) is 0 Å². The number of hydrogen-bond donors (Lipinski definition) is 0. The van der Waals surface area contributed by atoms with Gasteiger partial charge in [-0.2, -0.15) is 0 Å². The van der Waals surface area contributed by atoms with Gasteiger partial charge in [0.25, 0.3) is 0 Å². The Morgan fingerprint density at radius 1 is 1.55 bits per heavy atom. The Hall–Kier alpha value is -0.570. The van der Waals surface area contributed by atoms with Crippen LogP contribution < -0.4 is 4.90 Å². The minimum atomic E-state index is 0.972. The molecular weight excluding hydrogens is 204 g/mol. The van der Waals surface area contributed by atoms with Crippen LogP contribution in [0, 0.1) is 0 Å². The molecule has 3 heteroatoms. The molecule has 1 rings (SSSR count). The normalized spacial score (nSPS) is 9.64. The second-order valence-corrected chi connectivity index (χ2v) is 3.09. The predicted molar refractivity (Wildman–Crippen MR) is 51.3 cm³/mol. The summed E-state index contributed by atoms with van der Waals surface area (Å²) in [6.07, 6.45) is 1.81. The van der Waals surface area contributed by atoms with Crippen LogP contribution in [0.3, 0.4) is 0 Å². The molecule has 1 heterocycles. The molecule has 0 aliphatic heterocycles. The standard InChI is InChI=1S/C8H11BrN2/c1-11(7-5-9)8-4-2-3-6-10-8/h2-4,6H,5,7H2,1H3. The lowest BCUT2D eigenvalue weighted by atomic mass is 10.4. The van der Waals surface area contributed by atoms with E-state index in [0.29, 0.717) is 0 Å². The highest BCUT2D eigenvalue weighted by atomic mass is 79.9. The molecule has 60 valence electrons. The summed E-state index contributed by atoms with van der Waals surface area (Å²) in [7, 11) is 2.03. The van der Waals surface area contributed by atoms with E-state index in [4.69, 9.17) is 0 Å². The van der Waals surface area contributed by atoms with Crippen LogP contribution in [0.15, 0.2) is 24.4 Å². The van der Waals surface area contributed by atoms with Gasteiger partial charge in [-0.1, -0.05) is 22.0 Å². The van der Waals surface area contributed by atoms with E-state index in [0.717, 1.165) is 17.7 Å². The zero-order chi connectivity index (χ0) is 8.10. The monoisotopic (exact) mass is 214 g/mol. The fraction of sp³-hybridized carbons (Fsp3) is 0.375. The minimum Gasteiger partial charge on any atom is -0.359 e. The molecule has 0 aliphatic carbocycles. The minimum absolute atomic E-state index is 0.972. The van der Waals surface area contributed by atoms with Crippen LogP contribution in [0.1, 0.15) is 0 Å². The molecule has 0 N–H and O–H groups in total. The van der Waals surface area contributed by atoms with Gasteiger partial charge in [-0.05, 0) is 12.1 Å². The Morgan fingerprint density at radius 2 is 2.36 bits per heavy atom. The topological polar surface area (TPSA) is 16.1 Å². The quantitative estimate of drug-likeness (QED) is 0.716. The zero-order valence-electron chi connectivity index (χ0n) is 6.50. The first kappa shape index (κ1) is 8.53. The molecule has 0 radical (unpaired) electrons. The SMILES string of the molecule is CN(CCBr)c1ccccn1. The van der Waals surface area contributed by atoms with Crippen molar-refractivity contribution < 1.29 is 0 Å². The Kier molecular flexibility index (Phi) is 3.36. The molecule has 0 spiro atoms. The summed E-state index contributed by atoms with van der Waals surface area (Å²) in [6.45, 7) is 0.983. The molecule has 0 bridgehead atoms. The molecule has 1 aromatic heterocycles. The van der Waals surface area contributed by atoms with E-state index in [9.17, 15) is 0 Å². The maximum Gasteiger partial charge on any atom is 0.128 e. The van der Waals surface area contributed by atoms with E-state index in [1.165, 1.54) is 0 Å². The molecule has 0 saturated heterocycles. The summed E-state index contributed by atoms with van der Waals surface area (Å²) >= 11 is 3.38. The highest BCUT2D eigenvalue weighted by molar-refractivity contribution is 9.09. The van der Waals surface area contributed by atoms with Crippen molar-refractivity contribution in [2.75, 3.05) is 23.8 Å². The summed E-state index contributed by atoms with van der Waals surface area (Å²) in [5.74, 6) is 1.02. The molecule has 0 fully saturated rings. The van der Waals surface area contributed by atoms with Gasteiger partial charge in [-0.15, -0.1) is 0 Å². The zero-order valence-corrected chi connectivity index (χ0v) is 8.08. The van der Waals surface area contributed by atoms with Crippen molar-refractivity contribution >= 4 is 21.7 Å². The van der Waals surface area contributed by atoms with Gasteiger partial charge >= 0.3 is 0 Å². The number of aromatic nitrogens is 1. The van der Waals surface area contributed by atoms with Gasteiger partial charge in [0.05, 0.1) is 0 Å². The molecule has 0 aliphatic rings. The van der Waals surface area contributed by atoms with Crippen molar-refractivity contribution in [1.29, 1.82) is 0 Å². The highest BCUT2D eigenvalue weighted by Crippen LogP contribution is 2.05. The fourth-order valence-corrected chi connectivity index (χ4v) is 1.35. The van der Waals surface area contributed by atoms with Crippen LogP contribution in [0.2, 0.25) is 0 Å². The van der Waals surface area contributed by atoms with E-state index in [1.54, 1.807) is 6.20 Å². The van der Waals surface area contributed by atoms with Crippen LogP contribution in [-0.4, -0.2) is 23.9 Å². The number of rotatable bonds is 3. The molecule has 1 aromatic rings. The maximum atomic E-state index is 4.20. The average Bonchev–Trinajstić information content (AvgIpc) is 2.07. The van der Waals surface area contributed by atoms with E-state index in [-0.39, 0.29) is 0 Å². The fourth-order valence-electron chi connectivity index (χ4n) is 0.821.